The zero-order valence-corrected chi connectivity index (χ0v) is 15.6. The van der Waals surface area contributed by atoms with Gasteiger partial charge < -0.3 is 0 Å². The third-order valence-electron chi connectivity index (χ3n) is 4.28. The molecule has 2 aromatic heterocycles. The molecule has 0 atom stereocenters. The lowest BCUT2D eigenvalue weighted by molar-refractivity contribution is 0.617. The molecule has 25 heavy (non-hydrogen) atoms. The lowest BCUT2D eigenvalue weighted by Gasteiger charge is -2.20. The van der Waals surface area contributed by atoms with Gasteiger partial charge in [-0.05, 0) is 23.0 Å². The number of thiophene rings is 1. The predicted molar refractivity (Wildman–Crippen MR) is 99.7 cm³/mol. The highest BCUT2D eigenvalue weighted by Gasteiger charge is 2.22. The first-order valence-corrected chi connectivity index (χ1v) is 9.23. The fraction of sp³-hybridized carbons (Fsp3) is 0.300. The smallest absolute Gasteiger partial charge is 0.163 e. The predicted octanol–water partition coefficient (Wildman–Crippen LogP) is 5.86. The van der Waals surface area contributed by atoms with Crippen molar-refractivity contribution < 1.29 is 4.39 Å². The molecule has 0 N–H and O–H groups in total. The molecule has 0 spiro atoms. The molecular weight excluding hydrogens is 333 g/mol. The Kier molecular flexibility index (Phi) is 4.73. The van der Waals surface area contributed by atoms with Gasteiger partial charge in [0.05, 0.1) is 5.69 Å². The average Bonchev–Trinajstić information content (AvgIpc) is 3.19. The van der Waals surface area contributed by atoms with E-state index in [0.29, 0.717) is 17.5 Å². The van der Waals surface area contributed by atoms with Crippen LogP contribution in [0.5, 0.6) is 0 Å². The van der Waals surface area contributed by atoms with Crippen LogP contribution >= 0.6 is 11.3 Å². The number of benzene rings is 1. The maximum atomic E-state index is 14.2. The largest absolute Gasteiger partial charge is 0.228 e. The van der Waals surface area contributed by atoms with Crippen LogP contribution < -0.4 is 0 Å². The molecule has 128 valence electrons. The molecular formula is C20H20FN3S. The Bertz CT molecular complexity index is 918. The van der Waals surface area contributed by atoms with E-state index < -0.39 is 0 Å². The summed E-state index contributed by atoms with van der Waals surface area (Å²) in [4.78, 5) is 0. The Hall–Kier alpha value is -2.45. The molecule has 0 aliphatic carbocycles. The first-order valence-electron chi connectivity index (χ1n) is 8.29. The van der Waals surface area contributed by atoms with Gasteiger partial charge in [0.1, 0.15) is 11.8 Å². The Balaban J connectivity index is 2.36. The van der Waals surface area contributed by atoms with Gasteiger partial charge in [0, 0.05) is 22.4 Å². The number of nitriles is 1. The molecule has 0 bridgehead atoms. The van der Waals surface area contributed by atoms with Gasteiger partial charge in [-0.3, -0.25) is 0 Å². The molecule has 0 radical (unpaired) electrons. The van der Waals surface area contributed by atoms with Gasteiger partial charge in [-0.15, -0.1) is 11.3 Å². The molecule has 0 saturated heterocycles. The molecule has 2 heterocycles. The van der Waals surface area contributed by atoms with Crippen LogP contribution in [0.15, 0.2) is 35.0 Å². The van der Waals surface area contributed by atoms with Gasteiger partial charge in [-0.25, -0.2) is 9.07 Å². The van der Waals surface area contributed by atoms with Gasteiger partial charge in [0.15, 0.2) is 11.5 Å². The molecule has 3 nitrogen and oxygen atoms in total. The van der Waals surface area contributed by atoms with Crippen LogP contribution in [0.2, 0.25) is 0 Å². The third-order valence-corrected chi connectivity index (χ3v) is 4.98. The van der Waals surface area contributed by atoms with E-state index in [1.54, 1.807) is 16.1 Å². The fourth-order valence-electron chi connectivity index (χ4n) is 3.07. The topological polar surface area (TPSA) is 41.6 Å². The van der Waals surface area contributed by atoms with Crippen LogP contribution in [0, 0.1) is 17.1 Å². The number of hydrogen-bond donors (Lipinski definition) is 0. The number of hydrogen-bond acceptors (Lipinski definition) is 3. The highest BCUT2D eigenvalue weighted by molar-refractivity contribution is 7.08. The van der Waals surface area contributed by atoms with E-state index in [-0.39, 0.29) is 11.5 Å². The third kappa shape index (κ3) is 3.10. The van der Waals surface area contributed by atoms with Crippen LogP contribution in [0.3, 0.4) is 0 Å². The molecule has 5 heteroatoms. The van der Waals surface area contributed by atoms with Crippen molar-refractivity contribution >= 4 is 11.3 Å². The van der Waals surface area contributed by atoms with E-state index >= 15 is 0 Å². The van der Waals surface area contributed by atoms with Crippen molar-refractivity contribution in [2.75, 3.05) is 0 Å². The molecule has 3 aromatic rings. The van der Waals surface area contributed by atoms with Crippen molar-refractivity contribution in [3.8, 4) is 23.0 Å². The summed E-state index contributed by atoms with van der Waals surface area (Å²) in [7, 11) is 0. The normalized spacial score (nSPS) is 11.3. The van der Waals surface area contributed by atoms with Crippen LogP contribution in [0.1, 0.15) is 56.4 Å². The van der Waals surface area contributed by atoms with Crippen LogP contribution in [-0.4, -0.2) is 9.78 Å². The first-order chi connectivity index (χ1) is 11.9. The summed E-state index contributed by atoms with van der Waals surface area (Å²) in [5.41, 5.74) is 4.83. The van der Waals surface area contributed by atoms with Crippen LogP contribution in [-0.2, 0) is 0 Å². The van der Waals surface area contributed by atoms with Crippen molar-refractivity contribution in [2.45, 2.75) is 39.5 Å². The van der Waals surface area contributed by atoms with E-state index in [9.17, 15) is 9.65 Å². The van der Waals surface area contributed by atoms with Crippen molar-refractivity contribution in [1.29, 1.82) is 5.26 Å². The minimum atomic E-state index is -0.327. The van der Waals surface area contributed by atoms with Gasteiger partial charge >= 0.3 is 0 Å². The SMILES string of the molecule is CC(C)c1cccc(C(C)C)c1-c1cc(C#N)nn1-c1cscc1F. The van der Waals surface area contributed by atoms with Gasteiger partial charge in [-0.2, -0.15) is 10.4 Å². The quantitative estimate of drug-likeness (QED) is 0.589. The maximum absolute atomic E-state index is 14.2. The standard InChI is InChI=1S/C20H20FN3S/c1-12(2)15-6-5-7-16(13(3)4)20(15)18-8-14(9-22)23-24(18)19-11-25-10-17(19)21/h5-8,10-13H,1-4H3. The number of aromatic nitrogens is 2. The maximum Gasteiger partial charge on any atom is 0.163 e. The molecule has 0 aliphatic rings. The second-order valence-corrected chi connectivity index (χ2v) is 7.41. The van der Waals surface area contributed by atoms with E-state index in [1.807, 2.05) is 0 Å². The van der Waals surface area contributed by atoms with E-state index in [1.165, 1.54) is 27.8 Å². The molecule has 0 aliphatic heterocycles. The lowest BCUT2D eigenvalue weighted by atomic mass is 9.87. The molecule has 3 rings (SSSR count). The summed E-state index contributed by atoms with van der Waals surface area (Å²) >= 11 is 1.28. The monoisotopic (exact) mass is 353 g/mol. The summed E-state index contributed by atoms with van der Waals surface area (Å²) in [5, 5.41) is 16.8. The zero-order chi connectivity index (χ0) is 18.1. The van der Waals surface area contributed by atoms with Crippen LogP contribution in [0.4, 0.5) is 4.39 Å². The van der Waals surface area contributed by atoms with Crippen molar-refractivity contribution in [2.24, 2.45) is 0 Å². The summed E-state index contributed by atoms with van der Waals surface area (Å²) in [6, 6.07) is 10.1. The highest BCUT2D eigenvalue weighted by Crippen LogP contribution is 2.38. The summed E-state index contributed by atoms with van der Waals surface area (Å²) in [6.07, 6.45) is 0. The fourth-order valence-corrected chi connectivity index (χ4v) is 3.72. The van der Waals surface area contributed by atoms with Crippen molar-refractivity contribution in [3.05, 3.63) is 57.7 Å². The summed E-state index contributed by atoms with van der Waals surface area (Å²) in [5.74, 6) is 0.275. The van der Waals surface area contributed by atoms with Gasteiger partial charge in [0.25, 0.3) is 0 Å². The highest BCUT2D eigenvalue weighted by atomic mass is 32.1. The van der Waals surface area contributed by atoms with Crippen molar-refractivity contribution in [3.63, 3.8) is 0 Å². The molecule has 0 fully saturated rings. The number of halogens is 1. The number of rotatable bonds is 4. The van der Waals surface area contributed by atoms with Crippen molar-refractivity contribution in [1.82, 2.24) is 9.78 Å². The van der Waals surface area contributed by atoms with E-state index in [2.05, 4.69) is 57.1 Å². The molecule has 0 amide bonds. The second-order valence-electron chi connectivity index (χ2n) is 6.66. The molecule has 1 aromatic carbocycles. The number of nitrogens with zero attached hydrogens (tertiary/aromatic N) is 3. The average molecular weight is 353 g/mol. The second kappa shape index (κ2) is 6.81. The Morgan fingerprint density at radius 3 is 2.24 bits per heavy atom. The molecule has 0 unspecified atom stereocenters. The summed E-state index contributed by atoms with van der Waals surface area (Å²) in [6.45, 7) is 8.56. The molecule has 0 saturated carbocycles. The van der Waals surface area contributed by atoms with E-state index in [4.69, 9.17) is 0 Å². The Labute approximate surface area is 151 Å². The summed E-state index contributed by atoms with van der Waals surface area (Å²) < 4.78 is 15.8. The Morgan fingerprint density at radius 1 is 1.12 bits per heavy atom. The minimum absolute atomic E-state index is 0.286. The minimum Gasteiger partial charge on any atom is -0.228 e. The van der Waals surface area contributed by atoms with Gasteiger partial charge in [0.2, 0.25) is 0 Å². The van der Waals surface area contributed by atoms with Crippen LogP contribution in [0.25, 0.3) is 16.9 Å². The lowest BCUT2D eigenvalue weighted by Crippen LogP contribution is -2.05. The Morgan fingerprint density at radius 2 is 1.76 bits per heavy atom. The van der Waals surface area contributed by atoms with E-state index in [0.717, 1.165) is 11.3 Å². The first kappa shape index (κ1) is 17.4. The zero-order valence-electron chi connectivity index (χ0n) is 14.7. The van der Waals surface area contributed by atoms with Gasteiger partial charge in [-0.1, -0.05) is 45.9 Å².